The molecule has 34 heavy (non-hydrogen) atoms. The Hall–Kier alpha value is -3.91. The van der Waals surface area contributed by atoms with Crippen LogP contribution in [0, 0.1) is 5.41 Å². The molecular weight excluding hydrogens is 414 g/mol. The van der Waals surface area contributed by atoms with Crippen LogP contribution in [-0.2, 0) is 10.2 Å². The van der Waals surface area contributed by atoms with E-state index >= 15 is 0 Å². The molecule has 2 nitrogen and oxygen atoms in total. The molecule has 4 aromatic rings. The summed E-state index contributed by atoms with van der Waals surface area (Å²) >= 11 is 0. The van der Waals surface area contributed by atoms with Crippen LogP contribution >= 0.6 is 0 Å². The molecule has 0 aliphatic heterocycles. The molecule has 0 saturated heterocycles. The lowest BCUT2D eigenvalue weighted by atomic mass is 9.55. The van der Waals surface area contributed by atoms with E-state index in [9.17, 15) is 4.79 Å². The van der Waals surface area contributed by atoms with E-state index in [0.717, 1.165) is 5.56 Å². The fraction of sp³-hybridized carbons (Fsp3) is 0.156. The van der Waals surface area contributed by atoms with Crippen molar-refractivity contribution in [1.82, 2.24) is 5.32 Å². The van der Waals surface area contributed by atoms with Gasteiger partial charge in [-0.1, -0.05) is 135 Å². The van der Waals surface area contributed by atoms with Crippen LogP contribution in [0.5, 0.6) is 0 Å². The molecule has 4 rings (SSSR count). The van der Waals surface area contributed by atoms with Gasteiger partial charge in [0.15, 0.2) is 0 Å². The molecule has 0 atom stereocenters. The molecule has 4 aromatic carbocycles. The Morgan fingerprint density at radius 2 is 1.03 bits per heavy atom. The van der Waals surface area contributed by atoms with Crippen LogP contribution in [0.4, 0.5) is 0 Å². The van der Waals surface area contributed by atoms with Crippen LogP contribution in [-0.4, -0.2) is 12.5 Å². The highest BCUT2D eigenvalue weighted by Gasteiger charge is 2.49. The fourth-order valence-electron chi connectivity index (χ4n) is 4.97. The molecule has 0 aromatic heterocycles. The van der Waals surface area contributed by atoms with E-state index in [0.29, 0.717) is 6.54 Å². The van der Waals surface area contributed by atoms with E-state index < -0.39 is 5.41 Å². The first-order chi connectivity index (χ1) is 16.5. The molecule has 0 aliphatic rings. The first-order valence-corrected chi connectivity index (χ1v) is 11.7. The topological polar surface area (TPSA) is 29.1 Å². The van der Waals surface area contributed by atoms with Gasteiger partial charge in [-0.25, -0.2) is 0 Å². The highest BCUT2D eigenvalue weighted by Crippen LogP contribution is 2.51. The minimum absolute atomic E-state index is 0.0972. The molecule has 0 aliphatic carbocycles. The summed E-state index contributed by atoms with van der Waals surface area (Å²) in [7, 11) is 0. The average Bonchev–Trinajstić information content (AvgIpc) is 2.89. The van der Waals surface area contributed by atoms with Crippen LogP contribution < -0.4 is 5.32 Å². The minimum Gasteiger partial charge on any atom is -0.352 e. The normalized spacial score (nSPS) is 11.9. The minimum atomic E-state index is -0.465. The van der Waals surface area contributed by atoms with Gasteiger partial charge in [-0.2, -0.15) is 0 Å². The van der Waals surface area contributed by atoms with Gasteiger partial charge in [0.2, 0.25) is 5.91 Å². The van der Waals surface area contributed by atoms with Crippen molar-refractivity contribution >= 4 is 12.0 Å². The van der Waals surface area contributed by atoms with Gasteiger partial charge >= 0.3 is 0 Å². The summed E-state index contributed by atoms with van der Waals surface area (Å²) in [5.74, 6) is -0.0972. The average molecular weight is 446 g/mol. The zero-order valence-corrected chi connectivity index (χ0v) is 19.8. The summed E-state index contributed by atoms with van der Waals surface area (Å²) in [6, 6.07) is 41.7. The van der Waals surface area contributed by atoms with Crippen LogP contribution in [0.2, 0.25) is 0 Å². The lowest BCUT2D eigenvalue weighted by Crippen LogP contribution is -2.50. The van der Waals surface area contributed by atoms with Gasteiger partial charge in [0, 0.05) is 12.6 Å². The third kappa shape index (κ3) is 4.72. The van der Waals surface area contributed by atoms with Gasteiger partial charge in [-0.15, -0.1) is 0 Å². The van der Waals surface area contributed by atoms with E-state index in [1.807, 2.05) is 54.6 Å². The molecule has 1 amide bonds. The zero-order chi connectivity index (χ0) is 23.9. The number of hydrogen-bond acceptors (Lipinski definition) is 1. The largest absolute Gasteiger partial charge is 0.352 e. The van der Waals surface area contributed by atoms with E-state index in [-0.39, 0.29) is 11.3 Å². The quantitative estimate of drug-likeness (QED) is 0.232. The Kier molecular flexibility index (Phi) is 7.08. The van der Waals surface area contributed by atoms with Crippen molar-refractivity contribution in [3.63, 3.8) is 0 Å². The molecule has 1 N–H and O–H groups in total. The first kappa shape index (κ1) is 23.3. The predicted octanol–water partition coefficient (Wildman–Crippen LogP) is 6.88. The molecule has 0 radical (unpaired) electrons. The number of carbonyl (C=O) groups excluding carboxylic acids is 1. The summed E-state index contributed by atoms with van der Waals surface area (Å²) in [6.07, 6.45) is 3.46. The van der Waals surface area contributed by atoms with E-state index in [2.05, 4.69) is 92.0 Å². The zero-order valence-electron chi connectivity index (χ0n) is 19.8. The van der Waals surface area contributed by atoms with Gasteiger partial charge in [-0.3, -0.25) is 4.79 Å². The monoisotopic (exact) mass is 445 g/mol. The summed E-state index contributed by atoms with van der Waals surface area (Å²) in [5, 5.41) is 3.18. The molecule has 0 heterocycles. The molecule has 0 spiro atoms. The van der Waals surface area contributed by atoms with Crippen LogP contribution in [0.3, 0.4) is 0 Å². The molecule has 0 saturated carbocycles. The van der Waals surface area contributed by atoms with Crippen LogP contribution in [0.15, 0.2) is 127 Å². The second-order valence-corrected chi connectivity index (χ2v) is 9.19. The van der Waals surface area contributed by atoms with Crippen LogP contribution in [0.25, 0.3) is 6.08 Å². The molecule has 0 fully saturated rings. The van der Waals surface area contributed by atoms with Crippen molar-refractivity contribution in [3.05, 3.63) is 150 Å². The fourth-order valence-corrected chi connectivity index (χ4v) is 4.97. The van der Waals surface area contributed by atoms with Crippen molar-refractivity contribution in [1.29, 1.82) is 0 Å². The highest BCUT2D eigenvalue weighted by molar-refractivity contribution is 5.91. The molecule has 0 unspecified atom stereocenters. The van der Waals surface area contributed by atoms with Gasteiger partial charge in [0.1, 0.15) is 0 Å². The SMILES string of the molecule is CC(C)(CNC(=O)/C=C/c1ccccc1)C(c1ccccc1)(c1ccccc1)c1ccccc1. The van der Waals surface area contributed by atoms with Gasteiger partial charge in [-0.05, 0) is 33.7 Å². The summed E-state index contributed by atoms with van der Waals surface area (Å²) in [5.41, 5.74) is 3.79. The number of rotatable bonds is 8. The number of hydrogen-bond donors (Lipinski definition) is 1. The third-order valence-electron chi connectivity index (χ3n) is 6.57. The van der Waals surface area contributed by atoms with Gasteiger partial charge < -0.3 is 5.32 Å². The molecule has 2 heteroatoms. The molecular formula is C32H31NO. The number of nitrogens with one attached hydrogen (secondary N) is 1. The molecule has 170 valence electrons. The maximum absolute atomic E-state index is 12.8. The number of amides is 1. The second-order valence-electron chi connectivity index (χ2n) is 9.19. The Balaban J connectivity index is 1.75. The van der Waals surface area contributed by atoms with Gasteiger partial charge in [0.25, 0.3) is 0 Å². The van der Waals surface area contributed by atoms with Crippen molar-refractivity contribution in [2.75, 3.05) is 6.54 Å². The van der Waals surface area contributed by atoms with E-state index in [4.69, 9.17) is 0 Å². The first-order valence-electron chi connectivity index (χ1n) is 11.7. The summed E-state index contributed by atoms with van der Waals surface area (Å²) < 4.78 is 0. The second kappa shape index (κ2) is 10.4. The van der Waals surface area contributed by atoms with Crippen LogP contribution in [0.1, 0.15) is 36.1 Å². The van der Waals surface area contributed by atoms with E-state index in [1.54, 1.807) is 6.08 Å². The van der Waals surface area contributed by atoms with Crippen molar-refractivity contribution in [3.8, 4) is 0 Å². The lowest BCUT2D eigenvalue weighted by Gasteiger charge is -2.48. The van der Waals surface area contributed by atoms with E-state index in [1.165, 1.54) is 16.7 Å². The maximum Gasteiger partial charge on any atom is 0.244 e. The predicted molar refractivity (Wildman–Crippen MR) is 141 cm³/mol. The van der Waals surface area contributed by atoms with Gasteiger partial charge in [0.05, 0.1) is 5.41 Å². The maximum atomic E-state index is 12.8. The Morgan fingerprint density at radius 1 is 0.647 bits per heavy atom. The Labute approximate surface area is 203 Å². The summed E-state index contributed by atoms with van der Waals surface area (Å²) in [4.78, 5) is 12.8. The Bertz CT molecular complexity index is 1120. The number of benzene rings is 4. The standard InChI is InChI=1S/C32H31NO/c1-31(2,25-33-30(34)24-23-26-15-7-3-8-16-26)32(27-17-9-4-10-18-27,28-19-11-5-12-20-28)29-21-13-6-14-22-29/h3-24H,25H2,1-2H3,(H,33,34)/b24-23+. The summed E-state index contributed by atoms with van der Waals surface area (Å²) in [6.45, 7) is 4.98. The lowest BCUT2D eigenvalue weighted by molar-refractivity contribution is -0.117. The van der Waals surface area contributed by atoms with Crippen molar-refractivity contribution < 1.29 is 4.79 Å². The number of carbonyl (C=O) groups is 1. The highest BCUT2D eigenvalue weighted by atomic mass is 16.1. The molecule has 0 bridgehead atoms. The van der Waals surface area contributed by atoms with Crippen molar-refractivity contribution in [2.45, 2.75) is 19.3 Å². The smallest absolute Gasteiger partial charge is 0.244 e. The Morgan fingerprint density at radius 3 is 1.44 bits per heavy atom. The third-order valence-corrected chi connectivity index (χ3v) is 6.57. The van der Waals surface area contributed by atoms with Crippen molar-refractivity contribution in [2.24, 2.45) is 5.41 Å².